The second kappa shape index (κ2) is 6.06. The highest BCUT2D eigenvalue weighted by Gasteiger charge is 2.48. The fourth-order valence-corrected chi connectivity index (χ4v) is 6.14. The number of allylic oxidation sites excluding steroid dienone is 4. The molecular weight excluding hydrogens is 365 g/mol. The topological polar surface area (TPSA) is 40.5 Å². The molecular formula is C25H22FNO2. The van der Waals surface area contributed by atoms with Crippen molar-refractivity contribution < 1.29 is 14.3 Å². The van der Waals surface area contributed by atoms with Gasteiger partial charge in [-0.1, -0.05) is 36.4 Å². The van der Waals surface area contributed by atoms with Gasteiger partial charge in [0, 0.05) is 24.1 Å². The highest BCUT2D eigenvalue weighted by Crippen LogP contribution is 2.58. The number of benzene rings is 2. The lowest BCUT2D eigenvalue weighted by Crippen LogP contribution is -2.46. The second-order valence-corrected chi connectivity index (χ2v) is 8.76. The standard InChI is InChI=1S/C25H22FNO2/c26-17-9-7-14(8-10-17)23-20-6-2-5-19(20)22-12-16(25(28)29)11-21-18-4-1-3-15(18)13-27(23)24(21)22/h1-2,4-5,7-12,15,18-20,23H,3,6,13H2,(H,28,29)/t15-,18+,19+,20+,23+/m1/s1. The predicted molar refractivity (Wildman–Crippen MR) is 110 cm³/mol. The van der Waals surface area contributed by atoms with Gasteiger partial charge in [-0.3, -0.25) is 0 Å². The van der Waals surface area contributed by atoms with Crippen LogP contribution in [0.2, 0.25) is 0 Å². The highest BCUT2D eigenvalue weighted by molar-refractivity contribution is 5.90. The molecule has 6 rings (SSSR count). The molecule has 4 heteroatoms. The molecule has 0 spiro atoms. The molecule has 5 atom stereocenters. The summed E-state index contributed by atoms with van der Waals surface area (Å²) in [5.41, 5.74) is 5.05. The van der Waals surface area contributed by atoms with Crippen molar-refractivity contribution in [2.45, 2.75) is 30.7 Å². The Bertz CT molecular complexity index is 1050. The molecule has 0 saturated heterocycles. The summed E-state index contributed by atoms with van der Waals surface area (Å²) >= 11 is 0. The van der Waals surface area contributed by atoms with E-state index < -0.39 is 5.97 Å². The highest BCUT2D eigenvalue weighted by atomic mass is 19.1. The van der Waals surface area contributed by atoms with E-state index in [1.165, 1.54) is 5.69 Å². The molecule has 0 saturated carbocycles. The molecule has 2 aromatic carbocycles. The number of carboxylic acids is 1. The Hall–Kier alpha value is -2.88. The molecule has 2 heterocycles. The smallest absolute Gasteiger partial charge is 0.335 e. The van der Waals surface area contributed by atoms with Gasteiger partial charge in [-0.05, 0) is 65.6 Å². The van der Waals surface area contributed by atoms with Gasteiger partial charge in [-0.15, -0.1) is 0 Å². The maximum absolute atomic E-state index is 13.6. The van der Waals surface area contributed by atoms with Gasteiger partial charge in [-0.25, -0.2) is 9.18 Å². The van der Waals surface area contributed by atoms with Crippen LogP contribution in [0, 0.1) is 17.7 Å². The van der Waals surface area contributed by atoms with Crippen LogP contribution in [0.3, 0.4) is 0 Å². The predicted octanol–water partition coefficient (Wildman–Crippen LogP) is 5.42. The minimum atomic E-state index is -0.862. The number of hydrogen-bond donors (Lipinski definition) is 1. The van der Waals surface area contributed by atoms with E-state index in [9.17, 15) is 14.3 Å². The van der Waals surface area contributed by atoms with E-state index in [4.69, 9.17) is 0 Å². The Balaban J connectivity index is 1.59. The van der Waals surface area contributed by atoms with Crippen molar-refractivity contribution in [3.05, 3.63) is 88.8 Å². The number of carboxylic acid groups (broad SMARTS) is 1. The molecule has 2 aliphatic heterocycles. The van der Waals surface area contributed by atoms with E-state index in [0.717, 1.165) is 36.1 Å². The fourth-order valence-electron chi connectivity index (χ4n) is 6.14. The first kappa shape index (κ1) is 17.0. The van der Waals surface area contributed by atoms with Crippen LogP contribution in [-0.4, -0.2) is 17.6 Å². The van der Waals surface area contributed by atoms with Crippen LogP contribution >= 0.6 is 0 Å². The van der Waals surface area contributed by atoms with Gasteiger partial charge in [0.2, 0.25) is 0 Å². The van der Waals surface area contributed by atoms with Crippen LogP contribution in [0.25, 0.3) is 0 Å². The SMILES string of the molecule is O=C(O)c1cc2c3c(c1)[C@H]1C=CC[C@@H]1[C@H](c1ccc(F)cc1)N3C[C@H]1CC=C[C@H]21. The lowest BCUT2D eigenvalue weighted by atomic mass is 9.70. The number of carbonyl (C=O) groups is 1. The molecule has 0 bridgehead atoms. The molecule has 0 radical (unpaired) electrons. The molecule has 1 N–H and O–H groups in total. The maximum Gasteiger partial charge on any atom is 0.335 e. The molecule has 29 heavy (non-hydrogen) atoms. The third-order valence-electron chi connectivity index (χ3n) is 7.31. The zero-order chi connectivity index (χ0) is 19.7. The van der Waals surface area contributed by atoms with Crippen molar-refractivity contribution in [1.82, 2.24) is 0 Å². The number of rotatable bonds is 2. The van der Waals surface area contributed by atoms with Crippen LogP contribution in [-0.2, 0) is 0 Å². The zero-order valence-electron chi connectivity index (χ0n) is 16.0. The second-order valence-electron chi connectivity index (χ2n) is 8.76. The molecule has 0 aromatic heterocycles. The summed E-state index contributed by atoms with van der Waals surface area (Å²) in [5.74, 6) is 0.228. The van der Waals surface area contributed by atoms with Crippen molar-refractivity contribution >= 4 is 11.7 Å². The van der Waals surface area contributed by atoms with Crippen molar-refractivity contribution in [3.8, 4) is 0 Å². The molecule has 0 fully saturated rings. The van der Waals surface area contributed by atoms with Crippen LogP contribution in [0.1, 0.15) is 57.8 Å². The number of halogens is 1. The van der Waals surface area contributed by atoms with Crippen LogP contribution in [0.4, 0.5) is 10.1 Å². The quantitative estimate of drug-likeness (QED) is 0.700. The molecule has 146 valence electrons. The van der Waals surface area contributed by atoms with E-state index in [1.54, 1.807) is 12.1 Å². The van der Waals surface area contributed by atoms with Gasteiger partial charge < -0.3 is 10.0 Å². The number of nitrogens with zero attached hydrogens (tertiary/aromatic N) is 1. The van der Waals surface area contributed by atoms with Crippen molar-refractivity contribution in [2.75, 3.05) is 11.4 Å². The Morgan fingerprint density at radius 3 is 2.45 bits per heavy atom. The first-order valence-electron chi connectivity index (χ1n) is 10.4. The third kappa shape index (κ3) is 2.38. The van der Waals surface area contributed by atoms with E-state index in [2.05, 4.69) is 29.2 Å². The molecule has 2 aromatic rings. The molecule has 0 amide bonds. The summed E-state index contributed by atoms with van der Waals surface area (Å²) in [6, 6.07) is 10.9. The number of hydrogen-bond acceptors (Lipinski definition) is 2. The summed E-state index contributed by atoms with van der Waals surface area (Å²) in [4.78, 5) is 14.4. The van der Waals surface area contributed by atoms with Gasteiger partial charge in [0.1, 0.15) is 5.82 Å². The van der Waals surface area contributed by atoms with E-state index in [-0.39, 0.29) is 23.7 Å². The molecule has 2 aliphatic carbocycles. The van der Waals surface area contributed by atoms with Crippen molar-refractivity contribution in [2.24, 2.45) is 11.8 Å². The number of anilines is 1. The van der Waals surface area contributed by atoms with E-state index in [1.807, 2.05) is 24.3 Å². The number of aromatic carboxylic acids is 1. The third-order valence-corrected chi connectivity index (χ3v) is 7.31. The Morgan fingerprint density at radius 2 is 1.69 bits per heavy atom. The Kier molecular flexibility index (Phi) is 3.55. The Morgan fingerprint density at radius 1 is 1.00 bits per heavy atom. The van der Waals surface area contributed by atoms with Gasteiger partial charge >= 0.3 is 5.97 Å². The monoisotopic (exact) mass is 387 g/mol. The average Bonchev–Trinajstić information content (AvgIpc) is 3.38. The average molecular weight is 387 g/mol. The van der Waals surface area contributed by atoms with Crippen LogP contribution < -0.4 is 4.90 Å². The van der Waals surface area contributed by atoms with Gasteiger partial charge in [-0.2, -0.15) is 0 Å². The zero-order valence-corrected chi connectivity index (χ0v) is 16.0. The molecule has 0 unspecified atom stereocenters. The number of fused-ring (bicyclic) bond motifs is 4. The first-order chi connectivity index (χ1) is 14.1. The Labute approximate surface area is 169 Å². The summed E-state index contributed by atoms with van der Waals surface area (Å²) in [7, 11) is 0. The summed E-state index contributed by atoms with van der Waals surface area (Å²) in [5, 5.41) is 9.74. The largest absolute Gasteiger partial charge is 0.478 e. The normalized spacial score (nSPS) is 30.8. The van der Waals surface area contributed by atoms with Crippen LogP contribution in [0.15, 0.2) is 60.7 Å². The van der Waals surface area contributed by atoms with E-state index >= 15 is 0 Å². The molecule has 3 nitrogen and oxygen atoms in total. The van der Waals surface area contributed by atoms with Gasteiger partial charge in [0.05, 0.1) is 11.6 Å². The minimum absolute atomic E-state index is 0.180. The van der Waals surface area contributed by atoms with Crippen molar-refractivity contribution in [3.63, 3.8) is 0 Å². The molecule has 4 aliphatic rings. The summed E-state index contributed by atoms with van der Waals surface area (Å²) in [6.45, 7) is 0.954. The van der Waals surface area contributed by atoms with E-state index in [0.29, 0.717) is 17.4 Å². The lowest BCUT2D eigenvalue weighted by Gasteiger charge is -2.51. The summed E-state index contributed by atoms with van der Waals surface area (Å²) < 4.78 is 13.6. The summed E-state index contributed by atoms with van der Waals surface area (Å²) in [6.07, 6.45) is 11.0. The van der Waals surface area contributed by atoms with Gasteiger partial charge in [0.15, 0.2) is 0 Å². The first-order valence-corrected chi connectivity index (χ1v) is 10.4. The minimum Gasteiger partial charge on any atom is -0.478 e. The van der Waals surface area contributed by atoms with Crippen molar-refractivity contribution in [1.29, 1.82) is 0 Å². The fraction of sp³-hybridized carbons (Fsp3) is 0.320. The van der Waals surface area contributed by atoms with Crippen LogP contribution in [0.5, 0.6) is 0 Å². The maximum atomic E-state index is 13.6. The lowest BCUT2D eigenvalue weighted by molar-refractivity contribution is 0.0696. The van der Waals surface area contributed by atoms with Gasteiger partial charge in [0.25, 0.3) is 0 Å².